The predicted octanol–water partition coefficient (Wildman–Crippen LogP) is 3.71. The van der Waals surface area contributed by atoms with Crippen molar-refractivity contribution >= 4 is 40.7 Å². The van der Waals surface area contributed by atoms with E-state index in [-0.39, 0.29) is 24.3 Å². The Hall–Kier alpha value is -3.14. The van der Waals surface area contributed by atoms with Crippen molar-refractivity contribution < 1.29 is 29.0 Å². The van der Waals surface area contributed by atoms with E-state index >= 15 is 0 Å². The van der Waals surface area contributed by atoms with Crippen LogP contribution in [0.5, 0.6) is 5.75 Å². The number of amides is 3. The number of nitrogens with zero attached hydrogens (tertiary/aromatic N) is 1. The van der Waals surface area contributed by atoms with Gasteiger partial charge in [0.25, 0.3) is 0 Å². The Kier molecular flexibility index (Phi) is 7.11. The van der Waals surface area contributed by atoms with Gasteiger partial charge < -0.3 is 30.1 Å². The molecule has 7 atom stereocenters. The molecule has 3 heterocycles. The van der Waals surface area contributed by atoms with Crippen molar-refractivity contribution in [2.24, 2.45) is 17.8 Å². The summed E-state index contributed by atoms with van der Waals surface area (Å²) in [6, 6.07) is 12.0. The molecule has 2 bridgehead atoms. The maximum Gasteiger partial charge on any atom is 0.250 e. The van der Waals surface area contributed by atoms with Gasteiger partial charge in [0.15, 0.2) is 0 Å². The molecule has 9 nitrogen and oxygen atoms in total. The number of ether oxygens (including phenoxy) is 2. The molecule has 2 aromatic rings. The molecule has 208 valence electrons. The third-order valence-electron chi connectivity index (χ3n) is 8.57. The van der Waals surface area contributed by atoms with E-state index in [0.29, 0.717) is 35.2 Å². The normalized spacial score (nSPS) is 31.6. The third-order valence-corrected chi connectivity index (χ3v) is 8.82. The fourth-order valence-corrected chi connectivity index (χ4v) is 6.83. The molecule has 3 fully saturated rings. The minimum Gasteiger partial charge on any atom is -0.494 e. The van der Waals surface area contributed by atoms with E-state index in [4.69, 9.17) is 21.1 Å². The monoisotopic (exact) mass is 555 g/mol. The number of aliphatic hydroxyl groups is 1. The molecule has 0 radical (unpaired) electrons. The summed E-state index contributed by atoms with van der Waals surface area (Å²) in [7, 11) is 0. The van der Waals surface area contributed by atoms with Crippen molar-refractivity contribution in [3.63, 3.8) is 0 Å². The molecule has 3 aliphatic rings. The van der Waals surface area contributed by atoms with E-state index in [2.05, 4.69) is 10.6 Å². The first kappa shape index (κ1) is 27.4. The second kappa shape index (κ2) is 10.1. The highest BCUT2D eigenvalue weighted by Crippen LogP contribution is 2.65. The highest BCUT2D eigenvalue weighted by molar-refractivity contribution is 6.30. The van der Waals surface area contributed by atoms with E-state index in [1.54, 1.807) is 55.5 Å². The zero-order valence-corrected chi connectivity index (χ0v) is 23.2. The summed E-state index contributed by atoms with van der Waals surface area (Å²) in [5.41, 5.74) is -1.08. The minimum absolute atomic E-state index is 0.104. The first-order chi connectivity index (χ1) is 18.6. The number of carbonyl (C=O) groups excluding carboxylic acids is 3. The lowest BCUT2D eigenvalue weighted by Crippen LogP contribution is -2.56. The Labute approximate surface area is 232 Å². The lowest BCUT2D eigenvalue weighted by Gasteiger charge is -2.36. The van der Waals surface area contributed by atoms with Crippen LogP contribution in [0.1, 0.15) is 34.1 Å². The Morgan fingerprint density at radius 3 is 2.31 bits per heavy atom. The number of halogens is 1. The van der Waals surface area contributed by atoms with Crippen LogP contribution in [0.15, 0.2) is 48.5 Å². The fraction of sp³-hybridized carbons (Fsp3) is 0.483. The molecule has 3 N–H and O–H groups in total. The largest absolute Gasteiger partial charge is 0.494 e. The maximum atomic E-state index is 14.1. The van der Waals surface area contributed by atoms with Gasteiger partial charge in [0, 0.05) is 16.4 Å². The first-order valence-electron chi connectivity index (χ1n) is 13.3. The van der Waals surface area contributed by atoms with Gasteiger partial charge in [-0.15, -0.1) is 0 Å². The van der Waals surface area contributed by atoms with Crippen LogP contribution in [0.25, 0.3) is 0 Å². The molecule has 1 spiro atoms. The molecule has 0 saturated carbocycles. The molecule has 3 saturated heterocycles. The Morgan fingerprint density at radius 2 is 1.72 bits per heavy atom. The summed E-state index contributed by atoms with van der Waals surface area (Å²) in [6.07, 6.45) is 0.431. The lowest BCUT2D eigenvalue weighted by molar-refractivity contribution is -0.147. The van der Waals surface area contributed by atoms with Crippen molar-refractivity contribution in [1.29, 1.82) is 0 Å². The Bertz CT molecular complexity index is 1270. The van der Waals surface area contributed by atoms with Gasteiger partial charge in [-0.2, -0.15) is 0 Å². The van der Waals surface area contributed by atoms with Gasteiger partial charge in [0.1, 0.15) is 17.4 Å². The van der Waals surface area contributed by atoms with Crippen molar-refractivity contribution in [3.8, 4) is 5.75 Å². The van der Waals surface area contributed by atoms with Crippen molar-refractivity contribution in [1.82, 2.24) is 4.90 Å². The average Bonchev–Trinajstić information content (AvgIpc) is 3.42. The third kappa shape index (κ3) is 4.37. The molecule has 3 aliphatic heterocycles. The maximum absolute atomic E-state index is 14.1. The molecule has 3 unspecified atom stereocenters. The predicted molar refractivity (Wildman–Crippen MR) is 146 cm³/mol. The van der Waals surface area contributed by atoms with Crippen LogP contribution in [0.4, 0.5) is 11.4 Å². The second-order valence-electron chi connectivity index (χ2n) is 10.9. The van der Waals surface area contributed by atoms with E-state index in [0.717, 1.165) is 0 Å². The number of likely N-dealkylation sites (tertiary alicyclic amines) is 1. The quantitative estimate of drug-likeness (QED) is 0.457. The summed E-state index contributed by atoms with van der Waals surface area (Å²) < 4.78 is 12.2. The summed E-state index contributed by atoms with van der Waals surface area (Å²) in [4.78, 5) is 43.2. The summed E-state index contributed by atoms with van der Waals surface area (Å²) in [6.45, 7) is 7.61. The first-order valence-corrected chi connectivity index (χ1v) is 13.7. The number of hydrogen-bond donors (Lipinski definition) is 3. The average molecular weight is 556 g/mol. The summed E-state index contributed by atoms with van der Waals surface area (Å²) in [5.74, 6) is -2.27. The number of nitrogens with one attached hydrogen (secondary N) is 2. The van der Waals surface area contributed by atoms with Gasteiger partial charge in [-0.25, -0.2) is 0 Å². The second-order valence-corrected chi connectivity index (χ2v) is 11.4. The smallest absolute Gasteiger partial charge is 0.250 e. The molecule has 0 aromatic heterocycles. The van der Waals surface area contributed by atoms with Gasteiger partial charge in [0.05, 0.1) is 36.7 Å². The number of fused-ring (bicyclic) bond motifs is 1. The number of anilines is 2. The summed E-state index contributed by atoms with van der Waals surface area (Å²) in [5, 5.41) is 16.4. The van der Waals surface area contributed by atoms with Crippen molar-refractivity contribution in [3.05, 3.63) is 53.6 Å². The highest BCUT2D eigenvalue weighted by Gasteiger charge is 2.80. The molecular formula is C29H34ClN3O6. The zero-order valence-electron chi connectivity index (χ0n) is 22.4. The van der Waals surface area contributed by atoms with Crippen LogP contribution in [0, 0.1) is 17.8 Å². The molecule has 3 amide bonds. The number of carbonyl (C=O) groups is 3. The topological polar surface area (TPSA) is 117 Å². The van der Waals surface area contributed by atoms with Gasteiger partial charge >= 0.3 is 0 Å². The van der Waals surface area contributed by atoms with E-state index < -0.39 is 41.0 Å². The van der Waals surface area contributed by atoms with Gasteiger partial charge in [-0.3, -0.25) is 14.4 Å². The standard InChI is InChI=1S/C29H34ClN3O6/c1-5-38-21-12-10-20(11-13-21)31-25(35)22-23-27(37)33(17(3)15-34)24(29(23)14-16(2)28(22,4)39-29)26(36)32-19-8-6-18(30)7-9-19/h6-13,16-17,22-24,34H,5,14-15H2,1-4H3,(H,31,35)(H,32,36)/t16?,17-,22+,23+,24?,28-,29?/m1/s1. The van der Waals surface area contributed by atoms with Crippen LogP contribution in [0.2, 0.25) is 5.02 Å². The zero-order chi connectivity index (χ0) is 28.1. The molecule has 0 aliphatic carbocycles. The highest BCUT2D eigenvalue weighted by atomic mass is 35.5. The minimum atomic E-state index is -1.22. The fourth-order valence-electron chi connectivity index (χ4n) is 6.70. The van der Waals surface area contributed by atoms with E-state index in [1.807, 2.05) is 20.8 Å². The van der Waals surface area contributed by atoms with Crippen LogP contribution in [-0.2, 0) is 19.1 Å². The SMILES string of the molecule is CCOc1ccc(NC(=O)[C@@H]2[C@H]3C(=O)N([C@H](C)CO)C(C(=O)Nc4ccc(Cl)cc4)C34CC(C)[C@@]2(C)O4)cc1. The number of aliphatic hydroxyl groups excluding tert-OH is 1. The van der Waals surface area contributed by atoms with E-state index in [1.165, 1.54) is 4.90 Å². The number of hydrogen-bond acceptors (Lipinski definition) is 6. The Morgan fingerprint density at radius 1 is 1.13 bits per heavy atom. The van der Waals surface area contributed by atoms with Gasteiger partial charge in [-0.05, 0) is 81.6 Å². The number of rotatable bonds is 8. The molecule has 5 rings (SSSR count). The lowest BCUT2D eigenvalue weighted by atomic mass is 9.62. The molecule has 10 heteroatoms. The van der Waals surface area contributed by atoms with Crippen molar-refractivity contribution in [2.75, 3.05) is 23.8 Å². The Balaban J connectivity index is 1.49. The molecule has 2 aromatic carbocycles. The van der Waals surface area contributed by atoms with Crippen LogP contribution in [0.3, 0.4) is 0 Å². The molecule has 39 heavy (non-hydrogen) atoms. The molecular weight excluding hydrogens is 522 g/mol. The van der Waals surface area contributed by atoms with Crippen LogP contribution < -0.4 is 15.4 Å². The van der Waals surface area contributed by atoms with Crippen molar-refractivity contribution in [2.45, 2.75) is 57.4 Å². The van der Waals surface area contributed by atoms with E-state index in [9.17, 15) is 19.5 Å². The van der Waals surface area contributed by atoms with Gasteiger partial charge in [0.2, 0.25) is 17.7 Å². The number of benzene rings is 2. The van der Waals surface area contributed by atoms with Gasteiger partial charge in [-0.1, -0.05) is 18.5 Å². The summed E-state index contributed by atoms with van der Waals surface area (Å²) >= 11 is 6.00. The van der Waals surface area contributed by atoms with Crippen LogP contribution in [-0.4, -0.2) is 64.2 Å². The van der Waals surface area contributed by atoms with Crippen LogP contribution >= 0.6 is 11.6 Å².